The van der Waals surface area contributed by atoms with Gasteiger partial charge in [-0.05, 0) is 44.9 Å². The van der Waals surface area contributed by atoms with Gasteiger partial charge in [0, 0.05) is 17.3 Å². The lowest BCUT2D eigenvalue weighted by atomic mass is 9.83. The quantitative estimate of drug-likeness (QED) is 0.633. The predicted octanol–water partition coefficient (Wildman–Crippen LogP) is 5.24. The second kappa shape index (κ2) is 7.66. The molecule has 0 aliphatic carbocycles. The zero-order valence-corrected chi connectivity index (χ0v) is 16.3. The number of carbonyl (C=O) groups excluding carboxylic acids is 1. The van der Waals surface area contributed by atoms with Crippen LogP contribution in [0.4, 0.5) is 8.78 Å². The van der Waals surface area contributed by atoms with Gasteiger partial charge in [0.25, 0.3) is 5.91 Å². The van der Waals surface area contributed by atoms with Gasteiger partial charge in [-0.3, -0.25) is 4.79 Å². The molecule has 0 bridgehead atoms. The molecule has 0 radical (unpaired) electrons. The molecule has 3 nitrogen and oxygen atoms in total. The maximum absolute atomic E-state index is 14.5. The molecule has 0 unspecified atom stereocenters. The molecule has 2 aromatic carbocycles. The van der Waals surface area contributed by atoms with Crippen LogP contribution in [0.1, 0.15) is 43.2 Å². The van der Waals surface area contributed by atoms with Gasteiger partial charge in [0.05, 0.1) is 0 Å². The fraction of sp³-hybridized carbons (Fsp3) is 0.304. The average molecular weight is 382 g/mol. The first-order chi connectivity index (χ1) is 13.2. The number of nitrogens with one attached hydrogen (secondary N) is 1. The second-order valence-electron chi connectivity index (χ2n) is 8.08. The van der Waals surface area contributed by atoms with E-state index in [9.17, 15) is 13.6 Å². The normalized spacial score (nSPS) is 13.9. The molecule has 0 aliphatic rings. The minimum absolute atomic E-state index is 0.105. The van der Waals surface area contributed by atoms with Gasteiger partial charge >= 0.3 is 0 Å². The molecule has 1 heterocycles. The first-order valence-corrected chi connectivity index (χ1v) is 9.26. The Hall–Kier alpha value is -2.82. The van der Waals surface area contributed by atoms with Crippen LogP contribution in [0.25, 0.3) is 10.9 Å². The number of para-hydroxylation sites is 1. The lowest BCUT2D eigenvalue weighted by Crippen LogP contribution is -2.51. The summed E-state index contributed by atoms with van der Waals surface area (Å²) in [5.41, 5.74) is -1.06. The predicted molar refractivity (Wildman–Crippen MR) is 108 cm³/mol. The average Bonchev–Trinajstić information content (AvgIpc) is 2.60. The van der Waals surface area contributed by atoms with Crippen LogP contribution in [0.2, 0.25) is 0 Å². The van der Waals surface area contributed by atoms with Crippen LogP contribution in [0.3, 0.4) is 0 Å². The number of alkyl halides is 1. The summed E-state index contributed by atoms with van der Waals surface area (Å²) in [4.78, 5) is 17.1. The monoisotopic (exact) mass is 382 g/mol. The number of pyridine rings is 1. The summed E-state index contributed by atoms with van der Waals surface area (Å²) in [7, 11) is 0. The van der Waals surface area contributed by atoms with Crippen LogP contribution in [0.15, 0.2) is 60.7 Å². The molecule has 0 spiro atoms. The van der Waals surface area contributed by atoms with E-state index in [0.717, 1.165) is 5.56 Å². The Balaban J connectivity index is 1.89. The van der Waals surface area contributed by atoms with Gasteiger partial charge in [0.2, 0.25) is 0 Å². The van der Waals surface area contributed by atoms with E-state index in [1.54, 1.807) is 24.3 Å². The van der Waals surface area contributed by atoms with Gasteiger partial charge in [-0.1, -0.05) is 48.5 Å². The highest BCUT2D eigenvalue weighted by Gasteiger charge is 2.34. The molecule has 5 heteroatoms. The number of hydrogen-bond donors (Lipinski definition) is 1. The van der Waals surface area contributed by atoms with Crippen LogP contribution in [0, 0.1) is 5.82 Å². The van der Waals surface area contributed by atoms with Gasteiger partial charge in [-0.25, -0.2) is 13.8 Å². The molecule has 1 N–H and O–H groups in total. The summed E-state index contributed by atoms with van der Waals surface area (Å²) in [6.07, 6.45) is 0.595. The first-order valence-electron chi connectivity index (χ1n) is 9.26. The summed E-state index contributed by atoms with van der Waals surface area (Å²) in [6.45, 7) is 4.80. The Labute approximate surface area is 163 Å². The minimum atomic E-state index is -1.47. The van der Waals surface area contributed by atoms with Crippen molar-refractivity contribution >= 4 is 16.8 Å². The number of halogens is 2. The van der Waals surface area contributed by atoms with Crippen LogP contribution in [0.5, 0.6) is 0 Å². The van der Waals surface area contributed by atoms with Gasteiger partial charge in [-0.15, -0.1) is 0 Å². The number of aromatic nitrogens is 1. The number of hydrogen-bond acceptors (Lipinski definition) is 2. The lowest BCUT2D eigenvalue weighted by molar-refractivity contribution is 0.0839. The van der Waals surface area contributed by atoms with Crippen molar-refractivity contribution in [1.29, 1.82) is 0 Å². The maximum atomic E-state index is 14.5. The molecular weight excluding hydrogens is 358 g/mol. The number of fused-ring (bicyclic) bond motifs is 1. The van der Waals surface area contributed by atoms with E-state index < -0.39 is 22.9 Å². The molecule has 0 aliphatic heterocycles. The fourth-order valence-electron chi connectivity index (χ4n) is 3.70. The third-order valence-electron chi connectivity index (χ3n) is 4.57. The molecule has 1 aromatic heterocycles. The van der Waals surface area contributed by atoms with Crippen molar-refractivity contribution in [3.63, 3.8) is 0 Å². The molecule has 146 valence electrons. The topological polar surface area (TPSA) is 42.0 Å². The Morgan fingerprint density at radius 2 is 1.71 bits per heavy atom. The first kappa shape index (κ1) is 19.9. The van der Waals surface area contributed by atoms with E-state index in [0.29, 0.717) is 11.8 Å². The third-order valence-corrected chi connectivity index (χ3v) is 4.57. The molecule has 3 aromatic rings. The summed E-state index contributed by atoms with van der Waals surface area (Å²) in [5, 5.41) is 3.55. The van der Waals surface area contributed by atoms with Gasteiger partial charge in [0.15, 0.2) is 0 Å². The van der Waals surface area contributed by atoms with Crippen molar-refractivity contribution in [3.05, 3.63) is 77.7 Å². The molecule has 28 heavy (non-hydrogen) atoms. The van der Waals surface area contributed by atoms with E-state index in [1.807, 2.05) is 37.3 Å². The summed E-state index contributed by atoms with van der Waals surface area (Å²) < 4.78 is 28.5. The number of benzene rings is 2. The highest BCUT2D eigenvalue weighted by Crippen LogP contribution is 2.27. The number of rotatable bonds is 6. The molecule has 0 fully saturated rings. The Morgan fingerprint density at radius 1 is 1.00 bits per heavy atom. The van der Waals surface area contributed by atoms with Crippen LogP contribution >= 0.6 is 0 Å². The van der Waals surface area contributed by atoms with Crippen molar-refractivity contribution in [2.45, 2.75) is 44.8 Å². The number of amides is 1. The van der Waals surface area contributed by atoms with E-state index in [4.69, 9.17) is 0 Å². The molecule has 3 rings (SSSR count). The Kier molecular flexibility index (Phi) is 5.45. The zero-order chi connectivity index (χ0) is 20.4. The van der Waals surface area contributed by atoms with Crippen LogP contribution in [-0.4, -0.2) is 22.1 Å². The second-order valence-corrected chi connectivity index (χ2v) is 8.08. The molecule has 0 saturated carbocycles. The molecule has 1 atom stereocenters. The molecular formula is C23H24F2N2O. The highest BCUT2D eigenvalue weighted by molar-refractivity contribution is 5.95. The highest BCUT2D eigenvalue weighted by atomic mass is 19.1. The lowest BCUT2D eigenvalue weighted by Gasteiger charge is -2.35. The van der Waals surface area contributed by atoms with Crippen LogP contribution < -0.4 is 5.32 Å². The van der Waals surface area contributed by atoms with Crippen molar-refractivity contribution < 1.29 is 13.6 Å². The number of carbonyl (C=O) groups is 1. The third kappa shape index (κ3) is 4.91. The zero-order valence-electron chi connectivity index (χ0n) is 16.3. The summed E-state index contributed by atoms with van der Waals surface area (Å²) in [5.74, 6) is -0.933. The van der Waals surface area contributed by atoms with Gasteiger partial charge in [0.1, 0.15) is 22.7 Å². The summed E-state index contributed by atoms with van der Waals surface area (Å²) >= 11 is 0. The fourth-order valence-corrected chi connectivity index (χ4v) is 3.70. The smallest absolute Gasteiger partial charge is 0.270 e. The van der Waals surface area contributed by atoms with E-state index in [1.165, 1.54) is 19.9 Å². The number of nitrogens with zero attached hydrogens (tertiary/aromatic N) is 1. The van der Waals surface area contributed by atoms with Gasteiger partial charge in [-0.2, -0.15) is 0 Å². The largest absolute Gasteiger partial charge is 0.345 e. The maximum Gasteiger partial charge on any atom is 0.270 e. The van der Waals surface area contributed by atoms with Gasteiger partial charge < -0.3 is 5.32 Å². The van der Waals surface area contributed by atoms with Crippen LogP contribution in [-0.2, 0) is 6.42 Å². The van der Waals surface area contributed by atoms with Crippen molar-refractivity contribution in [3.8, 4) is 0 Å². The summed E-state index contributed by atoms with van der Waals surface area (Å²) in [6, 6.07) is 17.5. The van der Waals surface area contributed by atoms with E-state index in [2.05, 4.69) is 10.3 Å². The van der Waals surface area contributed by atoms with E-state index in [-0.39, 0.29) is 17.6 Å². The minimum Gasteiger partial charge on any atom is -0.345 e. The van der Waals surface area contributed by atoms with Crippen molar-refractivity contribution in [1.82, 2.24) is 10.3 Å². The SMILES string of the molecule is CC(C)(F)C[C@@](C)(Cc1ccccc1)NC(=O)c1ccc2cccc(F)c2n1. The van der Waals surface area contributed by atoms with E-state index >= 15 is 0 Å². The Bertz CT molecular complexity index is 983. The molecule has 1 amide bonds. The molecule has 0 saturated heterocycles. The van der Waals surface area contributed by atoms with Crippen molar-refractivity contribution in [2.75, 3.05) is 0 Å². The Morgan fingerprint density at radius 3 is 2.39 bits per heavy atom. The van der Waals surface area contributed by atoms with Crippen molar-refractivity contribution in [2.24, 2.45) is 0 Å². The standard InChI is InChI=1S/C23H24F2N2O/c1-22(2,25)15-23(3,14-16-8-5-4-6-9-16)27-21(28)19-13-12-17-10-7-11-18(24)20(17)26-19/h4-13H,14-15H2,1-3H3,(H,27,28)/t23-/m1/s1.